The van der Waals surface area contributed by atoms with Crippen LogP contribution in [-0.2, 0) is 0 Å². The van der Waals surface area contributed by atoms with Crippen LogP contribution in [0, 0.1) is 15.9 Å². The van der Waals surface area contributed by atoms with E-state index >= 15 is 0 Å². The molecule has 6 nitrogen and oxygen atoms in total. The van der Waals surface area contributed by atoms with Crippen molar-refractivity contribution in [1.29, 1.82) is 0 Å². The maximum Gasteiger partial charge on any atom is 0.270 e. The molecule has 2 aromatic carbocycles. The molecule has 1 amide bonds. The largest absolute Gasteiger partial charge is 0.360 e. The normalized spacial score (nSPS) is 12.0. The van der Waals surface area contributed by atoms with E-state index in [1.165, 1.54) is 41.8 Å². The van der Waals surface area contributed by atoms with E-state index in [4.69, 9.17) is 0 Å². The summed E-state index contributed by atoms with van der Waals surface area (Å²) in [6.07, 6.45) is 1.53. The third-order valence-corrected chi connectivity index (χ3v) is 5.36. The highest BCUT2D eigenvalue weighted by molar-refractivity contribution is 7.10. The molecule has 140 valence electrons. The Balaban J connectivity index is 1.70. The molecule has 28 heavy (non-hydrogen) atoms. The molecule has 0 aliphatic rings. The first kappa shape index (κ1) is 17.9. The number of aromatic nitrogens is 1. The molecule has 4 rings (SSSR count). The van der Waals surface area contributed by atoms with E-state index in [-0.39, 0.29) is 17.4 Å². The van der Waals surface area contributed by atoms with Gasteiger partial charge in [-0.2, -0.15) is 0 Å². The quantitative estimate of drug-likeness (QED) is 0.376. The van der Waals surface area contributed by atoms with E-state index in [1.54, 1.807) is 18.2 Å². The van der Waals surface area contributed by atoms with Gasteiger partial charge in [-0.1, -0.05) is 18.2 Å². The van der Waals surface area contributed by atoms with E-state index in [0.717, 1.165) is 10.4 Å². The van der Waals surface area contributed by atoms with Gasteiger partial charge in [0.05, 0.1) is 16.5 Å². The lowest BCUT2D eigenvalue weighted by Crippen LogP contribution is -2.28. The molecule has 0 saturated carbocycles. The number of benzene rings is 2. The second kappa shape index (κ2) is 7.24. The van der Waals surface area contributed by atoms with Gasteiger partial charge in [0.25, 0.3) is 11.6 Å². The summed E-state index contributed by atoms with van der Waals surface area (Å²) in [4.78, 5) is 27.4. The first-order valence-electron chi connectivity index (χ1n) is 8.38. The summed E-state index contributed by atoms with van der Waals surface area (Å²) in [5.41, 5.74) is 1.59. The molecule has 0 fully saturated rings. The van der Waals surface area contributed by atoms with Crippen LogP contribution in [0.1, 0.15) is 26.8 Å². The first-order chi connectivity index (χ1) is 13.5. The summed E-state index contributed by atoms with van der Waals surface area (Å²) in [5, 5.41) is 16.4. The van der Waals surface area contributed by atoms with Crippen LogP contribution in [0.25, 0.3) is 10.9 Å². The summed E-state index contributed by atoms with van der Waals surface area (Å²) in [7, 11) is 0. The fourth-order valence-electron chi connectivity index (χ4n) is 3.05. The van der Waals surface area contributed by atoms with Gasteiger partial charge in [0.15, 0.2) is 0 Å². The zero-order valence-electron chi connectivity index (χ0n) is 14.4. The average molecular weight is 395 g/mol. The van der Waals surface area contributed by atoms with Crippen molar-refractivity contribution in [3.8, 4) is 0 Å². The fourth-order valence-corrected chi connectivity index (χ4v) is 3.85. The lowest BCUT2D eigenvalue weighted by atomic mass is 10.0. The number of rotatable bonds is 5. The maximum absolute atomic E-state index is 13.3. The van der Waals surface area contributed by atoms with Crippen molar-refractivity contribution in [3.05, 3.63) is 98.1 Å². The number of nitro benzene ring substituents is 1. The number of nitrogens with one attached hydrogen (secondary N) is 2. The van der Waals surface area contributed by atoms with Crippen molar-refractivity contribution in [2.45, 2.75) is 6.04 Å². The summed E-state index contributed by atoms with van der Waals surface area (Å²) >= 11 is 1.47. The molecule has 0 aliphatic heterocycles. The highest BCUT2D eigenvalue weighted by Gasteiger charge is 2.21. The molecular formula is C20H14FN3O3S. The number of halogens is 1. The topological polar surface area (TPSA) is 88.0 Å². The Hall–Kier alpha value is -3.52. The summed E-state index contributed by atoms with van der Waals surface area (Å²) in [6, 6.07) is 13.6. The number of fused-ring (bicyclic) bond motifs is 1. The third-order valence-electron chi connectivity index (χ3n) is 4.43. The van der Waals surface area contributed by atoms with E-state index in [1.807, 2.05) is 17.5 Å². The zero-order chi connectivity index (χ0) is 19.7. The number of hydrogen-bond donors (Lipinski definition) is 2. The average Bonchev–Trinajstić information content (AvgIpc) is 3.36. The van der Waals surface area contributed by atoms with Crippen LogP contribution in [0.3, 0.4) is 0 Å². The summed E-state index contributed by atoms with van der Waals surface area (Å²) in [5.74, 6) is -0.738. The number of hydrogen-bond acceptors (Lipinski definition) is 4. The smallest absolute Gasteiger partial charge is 0.270 e. The number of aromatic amines is 1. The van der Waals surface area contributed by atoms with Gasteiger partial charge >= 0.3 is 0 Å². The molecular weight excluding hydrogens is 381 g/mol. The lowest BCUT2D eigenvalue weighted by molar-refractivity contribution is -0.384. The van der Waals surface area contributed by atoms with Crippen LogP contribution in [0.15, 0.2) is 66.2 Å². The van der Waals surface area contributed by atoms with E-state index < -0.39 is 11.0 Å². The van der Waals surface area contributed by atoms with Crippen LogP contribution in [0.5, 0.6) is 0 Å². The van der Waals surface area contributed by atoms with Crippen LogP contribution < -0.4 is 5.32 Å². The van der Waals surface area contributed by atoms with Gasteiger partial charge in [-0.05, 0) is 35.2 Å². The van der Waals surface area contributed by atoms with Gasteiger partial charge < -0.3 is 10.3 Å². The van der Waals surface area contributed by atoms with Gasteiger partial charge in [0.1, 0.15) is 5.82 Å². The number of non-ortho nitro benzene ring substituents is 1. The minimum absolute atomic E-state index is 0.0884. The van der Waals surface area contributed by atoms with E-state index in [9.17, 15) is 19.3 Å². The third kappa shape index (κ3) is 3.37. The van der Waals surface area contributed by atoms with Gasteiger partial charge in [0.2, 0.25) is 0 Å². The molecule has 2 aromatic heterocycles. The Morgan fingerprint density at radius 2 is 1.96 bits per heavy atom. The fraction of sp³-hybridized carbons (Fsp3) is 0.0500. The Kier molecular flexibility index (Phi) is 4.62. The van der Waals surface area contributed by atoms with Crippen molar-refractivity contribution in [2.24, 2.45) is 0 Å². The van der Waals surface area contributed by atoms with E-state index in [0.29, 0.717) is 16.5 Å². The van der Waals surface area contributed by atoms with Crippen LogP contribution in [0.4, 0.5) is 10.1 Å². The summed E-state index contributed by atoms with van der Waals surface area (Å²) in [6.45, 7) is 0. The number of nitrogens with zero attached hydrogens (tertiary/aromatic N) is 1. The lowest BCUT2D eigenvalue weighted by Gasteiger charge is -2.18. The van der Waals surface area contributed by atoms with Gasteiger partial charge in [0, 0.05) is 34.1 Å². The number of H-pyrrole nitrogens is 1. The monoisotopic (exact) mass is 395 g/mol. The minimum Gasteiger partial charge on any atom is -0.360 e. The van der Waals surface area contributed by atoms with Crippen molar-refractivity contribution in [2.75, 3.05) is 0 Å². The molecule has 0 bridgehead atoms. The Labute approximate surface area is 162 Å². The van der Waals surface area contributed by atoms with Crippen molar-refractivity contribution in [1.82, 2.24) is 10.3 Å². The molecule has 1 unspecified atom stereocenters. The molecule has 2 N–H and O–H groups in total. The van der Waals surface area contributed by atoms with Gasteiger partial charge in [-0.25, -0.2) is 4.39 Å². The second-order valence-corrected chi connectivity index (χ2v) is 7.14. The highest BCUT2D eigenvalue weighted by atomic mass is 32.1. The standard InChI is InChI=1S/C20H14FN3O3S/c21-13-5-3-12(4-6-13)19(18-2-1-9-28-18)23-20(25)16-11-22-17-8-7-14(24(26)27)10-15(16)17/h1-11,19,22H,(H,23,25). The molecule has 0 spiro atoms. The van der Waals surface area contributed by atoms with Crippen molar-refractivity contribution >= 4 is 33.8 Å². The molecule has 0 radical (unpaired) electrons. The number of amides is 1. The molecule has 4 aromatic rings. The van der Waals surface area contributed by atoms with Crippen LogP contribution in [-0.4, -0.2) is 15.8 Å². The first-order valence-corrected chi connectivity index (χ1v) is 9.26. The van der Waals surface area contributed by atoms with Crippen molar-refractivity contribution < 1.29 is 14.1 Å². The van der Waals surface area contributed by atoms with Crippen LogP contribution in [0.2, 0.25) is 0 Å². The molecule has 2 heterocycles. The SMILES string of the molecule is O=C(NC(c1ccc(F)cc1)c1cccs1)c1c[nH]c2ccc([N+](=O)[O-])cc12. The molecule has 0 saturated heterocycles. The molecule has 0 aliphatic carbocycles. The number of carbonyl (C=O) groups is 1. The van der Waals surface area contributed by atoms with Gasteiger partial charge in [-0.3, -0.25) is 14.9 Å². The Morgan fingerprint density at radius 3 is 2.64 bits per heavy atom. The highest BCUT2D eigenvalue weighted by Crippen LogP contribution is 2.28. The second-order valence-electron chi connectivity index (χ2n) is 6.16. The zero-order valence-corrected chi connectivity index (χ0v) is 15.2. The van der Waals surface area contributed by atoms with Gasteiger partial charge in [-0.15, -0.1) is 11.3 Å². The van der Waals surface area contributed by atoms with E-state index in [2.05, 4.69) is 10.3 Å². The Morgan fingerprint density at radius 1 is 1.18 bits per heavy atom. The predicted octanol–water partition coefficient (Wildman–Crippen LogP) is 4.80. The maximum atomic E-state index is 13.3. The predicted molar refractivity (Wildman–Crippen MR) is 105 cm³/mol. The minimum atomic E-state index is -0.499. The molecule has 1 atom stereocenters. The van der Waals surface area contributed by atoms with Crippen LogP contribution >= 0.6 is 11.3 Å². The number of nitro groups is 1. The summed E-state index contributed by atoms with van der Waals surface area (Å²) < 4.78 is 13.3. The number of thiophene rings is 1. The molecule has 8 heteroatoms. The number of carbonyl (C=O) groups excluding carboxylic acids is 1. The van der Waals surface area contributed by atoms with Crippen molar-refractivity contribution in [3.63, 3.8) is 0 Å². The Bertz CT molecular complexity index is 1150.